The van der Waals surface area contributed by atoms with Crippen LogP contribution in [-0.4, -0.2) is 78.4 Å². The van der Waals surface area contributed by atoms with Crippen molar-refractivity contribution in [3.05, 3.63) is 36.5 Å². The van der Waals surface area contributed by atoms with Crippen LogP contribution in [0.2, 0.25) is 0 Å². The van der Waals surface area contributed by atoms with E-state index in [4.69, 9.17) is 0 Å². The lowest BCUT2D eigenvalue weighted by atomic mass is 10.2. The van der Waals surface area contributed by atoms with E-state index in [1.165, 1.54) is 0 Å². The fourth-order valence-electron chi connectivity index (χ4n) is 4.25. The summed E-state index contributed by atoms with van der Waals surface area (Å²) in [5.74, 6) is -0.0122. The minimum Gasteiger partial charge on any atom is -0.380 e. The topological polar surface area (TPSA) is 60.8 Å². The molecule has 0 radical (unpaired) electrons. The molecule has 1 amide bonds. The van der Waals surface area contributed by atoms with Gasteiger partial charge < -0.3 is 10.2 Å². The van der Waals surface area contributed by atoms with Gasteiger partial charge in [0, 0.05) is 30.9 Å². The van der Waals surface area contributed by atoms with Crippen LogP contribution in [0, 0.1) is 0 Å². The molecular formula is C21H26FN5O. The Labute approximate surface area is 164 Å². The molecule has 1 aromatic carbocycles. The summed E-state index contributed by atoms with van der Waals surface area (Å²) >= 11 is 0. The number of halogens is 1. The molecule has 2 aromatic rings. The molecule has 0 aliphatic carbocycles. The number of anilines is 1. The van der Waals surface area contributed by atoms with Crippen LogP contribution in [0.15, 0.2) is 41.5 Å². The Balaban J connectivity index is 1.32. The quantitative estimate of drug-likeness (QED) is 0.778. The van der Waals surface area contributed by atoms with Gasteiger partial charge in [-0.1, -0.05) is 18.2 Å². The van der Waals surface area contributed by atoms with Crippen LogP contribution in [-0.2, 0) is 4.79 Å². The van der Waals surface area contributed by atoms with Crippen molar-refractivity contribution in [3.8, 4) is 0 Å². The van der Waals surface area contributed by atoms with Gasteiger partial charge in [-0.3, -0.25) is 19.7 Å². The second-order valence-electron chi connectivity index (χ2n) is 7.72. The summed E-state index contributed by atoms with van der Waals surface area (Å²) in [5.41, 5.74) is 1.97. The van der Waals surface area contributed by atoms with Gasteiger partial charge in [-0.15, -0.1) is 0 Å². The van der Waals surface area contributed by atoms with Crippen molar-refractivity contribution >= 4 is 29.2 Å². The summed E-state index contributed by atoms with van der Waals surface area (Å²) in [4.78, 5) is 24.8. The number of nitrogens with one attached hydrogen (secondary N) is 1. The van der Waals surface area contributed by atoms with Crippen molar-refractivity contribution < 1.29 is 9.18 Å². The van der Waals surface area contributed by atoms with E-state index in [1.54, 1.807) is 4.90 Å². The number of carbonyl (C=O) groups excluding carboxylic acids is 1. The number of aromatic nitrogens is 1. The Morgan fingerprint density at radius 1 is 1.36 bits per heavy atom. The van der Waals surface area contributed by atoms with Gasteiger partial charge in [0.1, 0.15) is 6.17 Å². The van der Waals surface area contributed by atoms with Gasteiger partial charge in [0.15, 0.2) is 0 Å². The number of pyridine rings is 1. The number of hydrogen-bond donors (Lipinski definition) is 1. The van der Waals surface area contributed by atoms with Crippen LogP contribution < -0.4 is 5.32 Å². The lowest BCUT2D eigenvalue weighted by Gasteiger charge is -2.25. The highest BCUT2D eigenvalue weighted by Gasteiger charge is 2.36. The maximum absolute atomic E-state index is 13.8. The summed E-state index contributed by atoms with van der Waals surface area (Å²) in [5, 5.41) is 4.64. The first kappa shape index (κ1) is 18.8. The van der Waals surface area contributed by atoms with Crippen molar-refractivity contribution in [1.82, 2.24) is 14.8 Å². The van der Waals surface area contributed by atoms with Crippen LogP contribution in [0.1, 0.15) is 12.8 Å². The molecule has 28 heavy (non-hydrogen) atoms. The first-order valence-electron chi connectivity index (χ1n) is 9.82. The predicted molar refractivity (Wildman–Crippen MR) is 110 cm³/mol. The third-order valence-electron chi connectivity index (χ3n) is 5.62. The molecule has 7 heteroatoms. The molecule has 0 spiro atoms. The largest absolute Gasteiger partial charge is 0.380 e. The Kier molecular flexibility index (Phi) is 5.52. The summed E-state index contributed by atoms with van der Waals surface area (Å²) in [7, 11) is 0. The van der Waals surface area contributed by atoms with E-state index >= 15 is 0 Å². The molecule has 2 saturated heterocycles. The minimum absolute atomic E-state index is 0.0122. The molecule has 2 aliphatic rings. The second-order valence-corrected chi connectivity index (χ2v) is 7.72. The summed E-state index contributed by atoms with van der Waals surface area (Å²) in [6.07, 6.45) is 2.23. The predicted octanol–water partition coefficient (Wildman–Crippen LogP) is 2.36. The first-order chi connectivity index (χ1) is 13.6. The SMILES string of the molecule is C=NC[C@@H]1C[C@H](F)CN1C(=O)CN1CC[C@@H](Nc2cnc3ccccc3c2)C1. The molecule has 3 heterocycles. The number of alkyl halides is 1. The number of hydrogen-bond acceptors (Lipinski definition) is 5. The maximum atomic E-state index is 13.8. The van der Waals surface area contributed by atoms with E-state index in [1.807, 2.05) is 24.4 Å². The number of amides is 1. The number of fused-ring (bicyclic) bond motifs is 1. The number of carbonyl (C=O) groups is 1. The highest BCUT2D eigenvalue weighted by atomic mass is 19.1. The van der Waals surface area contributed by atoms with Gasteiger partial charge in [-0.05, 0) is 25.3 Å². The van der Waals surface area contributed by atoms with E-state index in [0.29, 0.717) is 19.5 Å². The smallest absolute Gasteiger partial charge is 0.237 e. The average molecular weight is 383 g/mol. The number of nitrogens with zero attached hydrogens (tertiary/aromatic N) is 4. The molecule has 1 N–H and O–H groups in total. The zero-order valence-corrected chi connectivity index (χ0v) is 15.9. The molecule has 2 fully saturated rings. The standard InChI is InChI=1S/C21H26FN5O/c1-23-11-19-9-16(22)12-27(19)21(28)14-26-7-6-17(13-26)25-18-8-15-4-2-3-5-20(15)24-10-18/h2-5,8,10,16-17,19,25H,1,6-7,9,11-14H2/t16-,17+,19-/m0/s1. The number of rotatable bonds is 6. The van der Waals surface area contributed by atoms with Crippen LogP contribution in [0.25, 0.3) is 10.9 Å². The molecule has 0 unspecified atom stereocenters. The fourth-order valence-corrected chi connectivity index (χ4v) is 4.25. The van der Waals surface area contributed by atoms with Gasteiger partial charge in [-0.2, -0.15) is 0 Å². The summed E-state index contributed by atoms with van der Waals surface area (Å²) in [6, 6.07) is 10.3. The van der Waals surface area contributed by atoms with E-state index < -0.39 is 6.17 Å². The Morgan fingerprint density at radius 3 is 3.07 bits per heavy atom. The zero-order chi connectivity index (χ0) is 19.5. The highest BCUT2D eigenvalue weighted by Crippen LogP contribution is 2.23. The Hall–Kier alpha value is -2.54. The van der Waals surface area contributed by atoms with E-state index in [-0.39, 0.29) is 24.5 Å². The summed E-state index contributed by atoms with van der Waals surface area (Å²) in [6.45, 7) is 6.03. The van der Waals surface area contributed by atoms with Crippen LogP contribution in [0.3, 0.4) is 0 Å². The molecule has 148 valence electrons. The number of benzene rings is 1. The molecule has 6 nitrogen and oxygen atoms in total. The number of likely N-dealkylation sites (tertiary alicyclic amines) is 2. The second kappa shape index (κ2) is 8.22. The molecule has 1 aromatic heterocycles. The number of aliphatic imine (C=N–C) groups is 1. The van der Waals surface area contributed by atoms with E-state index in [2.05, 4.69) is 39.0 Å². The molecule has 2 aliphatic heterocycles. The van der Waals surface area contributed by atoms with Crippen molar-refractivity contribution in [3.63, 3.8) is 0 Å². The van der Waals surface area contributed by atoms with Crippen molar-refractivity contribution in [2.75, 3.05) is 38.0 Å². The normalized spacial score (nSPS) is 25.3. The van der Waals surface area contributed by atoms with Crippen LogP contribution in [0.4, 0.5) is 10.1 Å². The molecule has 0 saturated carbocycles. The highest BCUT2D eigenvalue weighted by molar-refractivity contribution is 5.81. The van der Waals surface area contributed by atoms with Gasteiger partial charge in [0.2, 0.25) is 5.91 Å². The maximum Gasteiger partial charge on any atom is 0.237 e. The van der Waals surface area contributed by atoms with Gasteiger partial charge in [0.05, 0.1) is 43.1 Å². The minimum atomic E-state index is -0.955. The zero-order valence-electron chi connectivity index (χ0n) is 15.9. The lowest BCUT2D eigenvalue weighted by Crippen LogP contribution is -2.43. The first-order valence-corrected chi connectivity index (χ1v) is 9.82. The Morgan fingerprint density at radius 2 is 2.21 bits per heavy atom. The van der Waals surface area contributed by atoms with Gasteiger partial charge in [0.25, 0.3) is 0 Å². The van der Waals surface area contributed by atoms with E-state index in [9.17, 15) is 9.18 Å². The molecular weight excluding hydrogens is 357 g/mol. The van der Waals surface area contributed by atoms with E-state index in [0.717, 1.165) is 36.1 Å². The van der Waals surface area contributed by atoms with Crippen molar-refractivity contribution in [2.45, 2.75) is 31.1 Å². The third kappa shape index (κ3) is 4.14. The van der Waals surface area contributed by atoms with Gasteiger partial charge >= 0.3 is 0 Å². The van der Waals surface area contributed by atoms with Crippen LogP contribution in [0.5, 0.6) is 0 Å². The average Bonchev–Trinajstić information content (AvgIpc) is 3.28. The van der Waals surface area contributed by atoms with Crippen molar-refractivity contribution in [1.29, 1.82) is 0 Å². The monoisotopic (exact) mass is 383 g/mol. The van der Waals surface area contributed by atoms with Crippen LogP contribution >= 0.6 is 0 Å². The summed E-state index contributed by atoms with van der Waals surface area (Å²) < 4.78 is 13.8. The number of para-hydroxylation sites is 1. The molecule has 4 rings (SSSR count). The van der Waals surface area contributed by atoms with Crippen molar-refractivity contribution in [2.24, 2.45) is 4.99 Å². The molecule has 0 bridgehead atoms. The lowest BCUT2D eigenvalue weighted by molar-refractivity contribution is -0.133. The molecule has 3 atom stereocenters. The third-order valence-corrected chi connectivity index (χ3v) is 5.62. The van der Waals surface area contributed by atoms with Gasteiger partial charge in [-0.25, -0.2) is 4.39 Å². The fraction of sp³-hybridized carbons (Fsp3) is 0.476. The Bertz CT molecular complexity index is 860.